The van der Waals surface area contributed by atoms with Crippen LogP contribution < -0.4 is 10.1 Å². The fourth-order valence-electron chi connectivity index (χ4n) is 4.05. The van der Waals surface area contributed by atoms with Crippen LogP contribution in [0.3, 0.4) is 0 Å². The molecular formula is C26H29ClN4O4. The smallest absolute Gasteiger partial charge is 0.322 e. The first kappa shape index (κ1) is 24.8. The molecule has 2 aromatic carbocycles. The minimum atomic E-state index is -0.464. The minimum Gasteiger partial charge on any atom is -0.494 e. The van der Waals surface area contributed by atoms with Gasteiger partial charge in [0.2, 0.25) is 5.82 Å². The molecule has 3 aromatic rings. The van der Waals surface area contributed by atoms with Crippen molar-refractivity contribution in [2.75, 3.05) is 26.4 Å². The van der Waals surface area contributed by atoms with Crippen LogP contribution in [0.4, 0.5) is 4.79 Å². The van der Waals surface area contributed by atoms with Crippen molar-refractivity contribution in [2.45, 2.75) is 33.2 Å². The van der Waals surface area contributed by atoms with Crippen LogP contribution in [0.2, 0.25) is 5.02 Å². The molecule has 0 aliphatic carbocycles. The zero-order chi connectivity index (χ0) is 24.8. The molecule has 4 rings (SSSR count). The molecule has 0 bridgehead atoms. The van der Waals surface area contributed by atoms with E-state index in [4.69, 9.17) is 25.6 Å². The number of ether oxygens (including phenoxy) is 2. The van der Waals surface area contributed by atoms with Crippen molar-refractivity contribution < 1.29 is 18.8 Å². The van der Waals surface area contributed by atoms with Crippen LogP contribution in [-0.4, -0.2) is 47.4 Å². The Hall–Kier alpha value is -3.36. The molecule has 0 spiro atoms. The molecule has 0 fully saturated rings. The average Bonchev–Trinajstić information content (AvgIpc) is 3.34. The summed E-state index contributed by atoms with van der Waals surface area (Å²) in [6.45, 7) is 8.09. The van der Waals surface area contributed by atoms with Crippen LogP contribution >= 0.6 is 11.6 Å². The molecular weight excluding hydrogens is 468 g/mol. The summed E-state index contributed by atoms with van der Waals surface area (Å²) in [5, 5.41) is 7.88. The van der Waals surface area contributed by atoms with E-state index in [0.29, 0.717) is 49.5 Å². The SMILES string of the molecule is CCOCCCN1C(=O)NC(c2ccc(OCC)cc2)C(c2nc(-c3cccc(Cl)c3)no2)=C1C. The van der Waals surface area contributed by atoms with E-state index in [-0.39, 0.29) is 6.03 Å². The van der Waals surface area contributed by atoms with Crippen LogP contribution in [-0.2, 0) is 4.74 Å². The lowest BCUT2D eigenvalue weighted by Gasteiger charge is -2.35. The number of allylic oxidation sites excluding steroid dienone is 1. The highest BCUT2D eigenvalue weighted by atomic mass is 35.5. The van der Waals surface area contributed by atoms with Crippen molar-refractivity contribution in [3.63, 3.8) is 0 Å². The molecule has 1 unspecified atom stereocenters. The van der Waals surface area contributed by atoms with Gasteiger partial charge in [0.1, 0.15) is 5.75 Å². The van der Waals surface area contributed by atoms with Gasteiger partial charge < -0.3 is 19.3 Å². The minimum absolute atomic E-state index is 0.184. The Bertz CT molecular complexity index is 1190. The van der Waals surface area contributed by atoms with Gasteiger partial charge in [-0.2, -0.15) is 4.98 Å². The number of amides is 2. The summed E-state index contributed by atoms with van der Waals surface area (Å²) < 4.78 is 16.7. The average molecular weight is 497 g/mol. The third-order valence-electron chi connectivity index (χ3n) is 5.73. The van der Waals surface area contributed by atoms with E-state index < -0.39 is 6.04 Å². The first-order valence-electron chi connectivity index (χ1n) is 11.7. The van der Waals surface area contributed by atoms with Crippen LogP contribution in [0, 0.1) is 0 Å². The summed E-state index contributed by atoms with van der Waals surface area (Å²) in [5.41, 5.74) is 3.13. The molecule has 35 heavy (non-hydrogen) atoms. The molecule has 0 saturated heterocycles. The van der Waals surface area contributed by atoms with Crippen LogP contribution in [0.25, 0.3) is 17.0 Å². The van der Waals surface area contributed by atoms with Gasteiger partial charge >= 0.3 is 6.03 Å². The molecule has 8 nitrogen and oxygen atoms in total. The zero-order valence-electron chi connectivity index (χ0n) is 20.1. The van der Waals surface area contributed by atoms with E-state index in [1.165, 1.54) is 0 Å². The third-order valence-corrected chi connectivity index (χ3v) is 5.97. The van der Waals surface area contributed by atoms with Crippen molar-refractivity contribution in [1.29, 1.82) is 0 Å². The van der Waals surface area contributed by atoms with Crippen molar-refractivity contribution >= 4 is 23.2 Å². The van der Waals surface area contributed by atoms with Gasteiger partial charge in [-0.15, -0.1) is 0 Å². The second-order valence-electron chi connectivity index (χ2n) is 8.02. The van der Waals surface area contributed by atoms with Gasteiger partial charge in [-0.3, -0.25) is 4.90 Å². The first-order valence-corrected chi connectivity index (χ1v) is 12.1. The summed E-state index contributed by atoms with van der Waals surface area (Å²) in [7, 11) is 0. The maximum absolute atomic E-state index is 13.1. The van der Waals surface area contributed by atoms with Gasteiger partial charge in [0, 0.05) is 36.0 Å². The van der Waals surface area contributed by atoms with Gasteiger partial charge in [0.05, 0.1) is 18.2 Å². The van der Waals surface area contributed by atoms with Crippen LogP contribution in [0.1, 0.15) is 44.7 Å². The molecule has 2 amide bonds. The number of halogens is 1. The number of rotatable bonds is 10. The molecule has 2 heterocycles. The number of nitrogens with zero attached hydrogens (tertiary/aromatic N) is 3. The molecule has 0 radical (unpaired) electrons. The molecule has 9 heteroatoms. The van der Waals surface area contributed by atoms with Gasteiger partial charge in [-0.1, -0.05) is 41.0 Å². The van der Waals surface area contributed by atoms with Gasteiger partial charge in [0.15, 0.2) is 0 Å². The van der Waals surface area contributed by atoms with Crippen molar-refractivity contribution in [3.05, 3.63) is 70.7 Å². The van der Waals surface area contributed by atoms with E-state index in [9.17, 15) is 4.79 Å². The summed E-state index contributed by atoms with van der Waals surface area (Å²) >= 11 is 6.15. The molecule has 184 valence electrons. The van der Waals surface area contributed by atoms with E-state index in [2.05, 4.69) is 15.5 Å². The quantitative estimate of drug-likeness (QED) is 0.361. The molecule has 1 aliphatic rings. The van der Waals surface area contributed by atoms with E-state index in [1.807, 2.05) is 57.2 Å². The molecule has 1 aliphatic heterocycles. The number of carbonyl (C=O) groups excluding carboxylic acids is 1. The fourth-order valence-corrected chi connectivity index (χ4v) is 4.24. The zero-order valence-corrected chi connectivity index (χ0v) is 20.8. The summed E-state index contributed by atoms with van der Waals surface area (Å²) in [4.78, 5) is 19.5. The van der Waals surface area contributed by atoms with E-state index in [0.717, 1.165) is 28.1 Å². The van der Waals surface area contributed by atoms with Crippen LogP contribution in [0.5, 0.6) is 5.75 Å². The monoisotopic (exact) mass is 496 g/mol. The second-order valence-corrected chi connectivity index (χ2v) is 8.46. The Kier molecular flexibility index (Phi) is 8.05. The van der Waals surface area contributed by atoms with Crippen molar-refractivity contribution in [3.8, 4) is 17.1 Å². The Balaban J connectivity index is 1.72. The topological polar surface area (TPSA) is 89.7 Å². The standard InChI is InChI=1S/C26H29ClN4O4/c1-4-33-15-7-14-31-17(3)22(25-29-24(30-35-25)19-8-6-9-20(27)16-19)23(28-26(31)32)18-10-12-21(13-11-18)34-5-2/h6,8-13,16,23H,4-5,7,14-15H2,1-3H3,(H,28,32). The number of carbonyl (C=O) groups is 1. The van der Waals surface area contributed by atoms with Crippen molar-refractivity contribution in [2.24, 2.45) is 0 Å². The summed E-state index contributed by atoms with van der Waals surface area (Å²) in [6, 6.07) is 14.3. The first-order chi connectivity index (χ1) is 17.0. The Morgan fingerprint density at radius 2 is 1.94 bits per heavy atom. The Labute approximate surface area is 209 Å². The maximum atomic E-state index is 13.1. The molecule has 1 aromatic heterocycles. The number of benzene rings is 2. The normalized spacial score (nSPS) is 15.9. The van der Waals surface area contributed by atoms with Gasteiger partial charge in [-0.25, -0.2) is 4.79 Å². The fraction of sp³-hybridized carbons (Fsp3) is 0.346. The Morgan fingerprint density at radius 3 is 2.66 bits per heavy atom. The van der Waals surface area contributed by atoms with Crippen molar-refractivity contribution in [1.82, 2.24) is 20.4 Å². The molecule has 1 atom stereocenters. The number of nitrogens with one attached hydrogen (secondary N) is 1. The molecule has 0 saturated carbocycles. The lowest BCUT2D eigenvalue weighted by Crippen LogP contribution is -2.46. The maximum Gasteiger partial charge on any atom is 0.322 e. The second kappa shape index (κ2) is 11.4. The summed E-state index contributed by atoms with van der Waals surface area (Å²) in [6.07, 6.45) is 0.706. The predicted molar refractivity (Wildman–Crippen MR) is 134 cm³/mol. The highest BCUT2D eigenvalue weighted by molar-refractivity contribution is 6.30. The summed E-state index contributed by atoms with van der Waals surface area (Å²) in [5.74, 6) is 1.53. The lowest BCUT2D eigenvalue weighted by molar-refractivity contribution is 0.136. The number of hydrogen-bond acceptors (Lipinski definition) is 6. The van der Waals surface area contributed by atoms with E-state index >= 15 is 0 Å². The highest BCUT2D eigenvalue weighted by Gasteiger charge is 2.35. The van der Waals surface area contributed by atoms with Gasteiger partial charge in [0.25, 0.3) is 5.89 Å². The van der Waals surface area contributed by atoms with E-state index in [1.54, 1.807) is 17.0 Å². The van der Waals surface area contributed by atoms with Crippen LogP contribution in [0.15, 0.2) is 58.8 Å². The lowest BCUT2D eigenvalue weighted by atomic mass is 9.94. The van der Waals surface area contributed by atoms with Gasteiger partial charge in [-0.05, 0) is 57.0 Å². The Morgan fingerprint density at radius 1 is 1.14 bits per heavy atom. The predicted octanol–water partition coefficient (Wildman–Crippen LogP) is 5.71. The number of urea groups is 1. The molecule has 1 N–H and O–H groups in total. The largest absolute Gasteiger partial charge is 0.494 e. The highest BCUT2D eigenvalue weighted by Crippen LogP contribution is 2.38. The number of hydrogen-bond donors (Lipinski definition) is 1. The third kappa shape index (κ3) is 5.66. The number of aromatic nitrogens is 2.